The van der Waals surface area contributed by atoms with Gasteiger partial charge in [0, 0.05) is 92.4 Å². The molecule has 11 rings (SSSR count). The van der Waals surface area contributed by atoms with Gasteiger partial charge in [0.25, 0.3) is 37.6 Å². The SMILES string of the molecule is CCN(CC)CC1=C(C23CC(CC)(C2)C3)CC(C)(C)CC1.Nc1ccc(C(=O)NS(=O)(=O)c2ccc(N[C@H](CCN3CCN(CCOCCOCCOCCNc4cccc5c4C(=O)N(C4CCC(=O)NC4=O)C5=O)CC3)CSc3ccccc3)c(S(=O)(=O)C(F)(F)F)c2)cc1. The predicted molar refractivity (Wildman–Crippen MR) is 363 cm³/mol. The fourth-order valence-corrected chi connectivity index (χ4v) is 16.9. The molecule has 1 unspecified atom stereocenters. The van der Waals surface area contributed by atoms with Gasteiger partial charge < -0.3 is 35.5 Å². The summed E-state index contributed by atoms with van der Waals surface area (Å²) in [7, 11) is -10.9. The summed E-state index contributed by atoms with van der Waals surface area (Å²) in [6.45, 7) is 22.1. The molecule has 0 radical (unpaired) electrons. The quantitative estimate of drug-likeness (QED) is 0.0100. The Hall–Kier alpha value is -6.43. The molecule has 0 spiro atoms. The maximum Gasteiger partial charge on any atom is 0.501 e. The molecule has 2 saturated heterocycles. The van der Waals surface area contributed by atoms with Gasteiger partial charge in [0.05, 0.1) is 61.4 Å². The smallest absolute Gasteiger partial charge is 0.399 e. The van der Waals surface area contributed by atoms with E-state index in [2.05, 4.69) is 65.3 Å². The molecule has 5 amide bonds. The van der Waals surface area contributed by atoms with Gasteiger partial charge in [-0.2, -0.15) is 13.2 Å². The lowest BCUT2D eigenvalue weighted by atomic mass is 9.31. The highest BCUT2D eigenvalue weighted by Crippen LogP contribution is 2.79. The number of sulfone groups is 1. The molecule has 3 saturated carbocycles. The van der Waals surface area contributed by atoms with Crippen molar-refractivity contribution in [3.05, 3.63) is 119 Å². The topological polar surface area (TPSA) is 268 Å². The fraction of sp³-hybridized carbons (Fsp3) is 0.551. The normalized spacial score (nSPS) is 21.6. The molecule has 3 aliphatic heterocycles. The molecule has 4 aromatic carbocycles. The van der Waals surface area contributed by atoms with Crippen molar-refractivity contribution in [3.8, 4) is 0 Å². The van der Waals surface area contributed by atoms with E-state index in [9.17, 15) is 54.0 Å². The number of hydrogen-bond donors (Lipinski definition) is 5. The van der Waals surface area contributed by atoms with Crippen LogP contribution in [0, 0.1) is 16.2 Å². The number of nitrogens with one attached hydrogen (secondary N) is 4. The molecule has 96 heavy (non-hydrogen) atoms. The number of benzene rings is 4. The number of imide groups is 2. The van der Waals surface area contributed by atoms with Gasteiger partial charge in [-0.1, -0.05) is 76.5 Å². The fourth-order valence-electron chi connectivity index (χ4n) is 13.9. The second kappa shape index (κ2) is 32.1. The molecule has 4 aromatic rings. The van der Waals surface area contributed by atoms with E-state index < -0.39 is 82.5 Å². The van der Waals surface area contributed by atoms with Crippen LogP contribution in [0.15, 0.2) is 117 Å². The van der Waals surface area contributed by atoms with E-state index in [0.29, 0.717) is 106 Å². The number of thioether (sulfide) groups is 1. The lowest BCUT2D eigenvalue weighted by Gasteiger charge is -2.73. The number of carbonyl (C=O) groups is 5. The van der Waals surface area contributed by atoms with Crippen LogP contribution in [0.5, 0.6) is 0 Å². The molecule has 0 aromatic heterocycles. The standard InChI is InChI=1S/C49H57F3N8O12S3.C20H35N/c50-49(51,52)74(66,67)42-31-37(75(68,69)57-45(62)33-9-11-34(53)12-10-33)13-14-39(42)55-35(32-73-36-5-2-1-3-6-36)17-19-58-20-22-59(23-21-58)24-26-71-28-30-72-29-27-70-25-18-54-40-8-4-7-38-44(40)48(65)60(47(38)64)41-15-16-43(61)56-46(41)63;1-6-19-13-20(14-19,15-19)17-11-18(4,5)10-9-16(17)12-21(7-2)8-3/h1-14,31,35,41,54-55H,15-30,32,53H2,(H,57,62)(H,56,61,63);6-15H2,1-5H3/t35-,41?;/m1./s1. The second-order valence-electron chi connectivity index (χ2n) is 26.6. The summed E-state index contributed by atoms with van der Waals surface area (Å²) < 4.78 is 114. The number of nitrogens with two attached hydrogens (primary N) is 1. The number of sulfonamides is 1. The Kier molecular flexibility index (Phi) is 24.6. The molecule has 27 heteroatoms. The first-order valence-corrected chi connectivity index (χ1v) is 37.2. The third-order valence-corrected chi connectivity index (χ3v) is 23.5. The number of halogens is 3. The number of likely N-dealkylation sites (N-methyl/N-ethyl adjacent to an activating group) is 1. The van der Waals surface area contributed by atoms with Crippen LogP contribution in [-0.4, -0.2) is 194 Å². The molecule has 3 heterocycles. The van der Waals surface area contributed by atoms with Gasteiger partial charge in [0.1, 0.15) is 10.9 Å². The average Bonchev–Trinajstić information content (AvgIpc) is 0.779. The van der Waals surface area contributed by atoms with Crippen molar-refractivity contribution in [1.29, 1.82) is 0 Å². The summed E-state index contributed by atoms with van der Waals surface area (Å²) in [5.74, 6) is -3.09. The number of amides is 5. The molecular weight excluding hydrogens is 1300 g/mol. The van der Waals surface area contributed by atoms with E-state index >= 15 is 0 Å². The molecule has 21 nitrogen and oxygen atoms in total. The zero-order chi connectivity index (χ0) is 69.1. The number of ether oxygens (including phenoxy) is 3. The van der Waals surface area contributed by atoms with Crippen molar-refractivity contribution in [2.45, 2.75) is 131 Å². The minimum Gasteiger partial charge on any atom is -0.399 e. The zero-order valence-electron chi connectivity index (χ0n) is 55.5. The third-order valence-electron chi connectivity index (χ3n) is 19.4. The van der Waals surface area contributed by atoms with E-state index in [4.69, 9.17) is 19.9 Å². The number of carbonyl (C=O) groups excluding carboxylic acids is 5. The first kappa shape index (κ1) is 73.8. The monoisotopic (exact) mass is 1390 g/mol. The minimum atomic E-state index is -6.09. The highest BCUT2D eigenvalue weighted by Gasteiger charge is 2.68. The zero-order valence-corrected chi connectivity index (χ0v) is 58.0. The van der Waals surface area contributed by atoms with Gasteiger partial charge >= 0.3 is 5.51 Å². The van der Waals surface area contributed by atoms with Crippen LogP contribution in [-0.2, 0) is 43.7 Å². The number of nitrogen functional groups attached to an aromatic ring is 1. The number of fused-ring (bicyclic) bond motifs is 1. The van der Waals surface area contributed by atoms with Crippen LogP contribution in [0.3, 0.4) is 0 Å². The van der Waals surface area contributed by atoms with Crippen molar-refractivity contribution in [2.75, 3.05) is 127 Å². The predicted octanol–water partition coefficient (Wildman–Crippen LogP) is 9.24. The van der Waals surface area contributed by atoms with E-state index in [0.717, 1.165) is 40.4 Å². The number of alkyl halides is 3. The second-order valence-corrected chi connectivity index (χ2v) is 31.3. The van der Waals surface area contributed by atoms with Crippen molar-refractivity contribution < 1.29 is 68.2 Å². The highest BCUT2D eigenvalue weighted by molar-refractivity contribution is 7.99. The van der Waals surface area contributed by atoms with Gasteiger partial charge in [-0.3, -0.25) is 44.0 Å². The molecule has 5 fully saturated rings. The Morgan fingerprint density at radius 1 is 0.781 bits per heavy atom. The Balaban J connectivity index is 0.000000433. The number of piperidine rings is 1. The molecular formula is C69H92F3N9O12S3. The van der Waals surface area contributed by atoms with Crippen molar-refractivity contribution in [3.63, 3.8) is 0 Å². The van der Waals surface area contributed by atoms with Crippen LogP contribution >= 0.6 is 11.8 Å². The van der Waals surface area contributed by atoms with E-state index in [1.165, 1.54) is 107 Å². The number of nitrogens with zero attached hydrogens (tertiary/aromatic N) is 4. The minimum absolute atomic E-state index is 0.0294. The van der Waals surface area contributed by atoms with E-state index in [-0.39, 0.29) is 36.1 Å². The lowest BCUT2D eigenvalue weighted by molar-refractivity contribution is -0.182. The molecule has 7 aliphatic rings. The molecule has 6 N–H and O–H groups in total. The van der Waals surface area contributed by atoms with E-state index in [1.54, 1.807) is 16.9 Å². The molecule has 4 aliphatic carbocycles. The maximum atomic E-state index is 14.2. The van der Waals surface area contributed by atoms with Crippen LogP contribution in [0.1, 0.15) is 130 Å². The van der Waals surface area contributed by atoms with Gasteiger partial charge in [-0.05, 0) is 147 Å². The Morgan fingerprint density at radius 2 is 1.43 bits per heavy atom. The molecule has 2 bridgehead atoms. The number of allylic oxidation sites excluding steroid dienone is 1. The highest BCUT2D eigenvalue weighted by atomic mass is 32.2. The van der Waals surface area contributed by atoms with Crippen molar-refractivity contribution >= 4 is 78.2 Å². The largest absolute Gasteiger partial charge is 0.501 e. The first-order chi connectivity index (χ1) is 45.7. The van der Waals surface area contributed by atoms with Gasteiger partial charge in [0.15, 0.2) is 0 Å². The van der Waals surface area contributed by atoms with Gasteiger partial charge in [-0.15, -0.1) is 11.8 Å². The number of hydrogen-bond acceptors (Lipinski definition) is 19. The van der Waals surface area contributed by atoms with Crippen molar-refractivity contribution in [2.24, 2.45) is 16.2 Å². The summed E-state index contributed by atoms with van der Waals surface area (Å²) >= 11 is 1.42. The van der Waals surface area contributed by atoms with Crippen molar-refractivity contribution in [1.82, 2.24) is 29.6 Å². The first-order valence-electron chi connectivity index (χ1n) is 33.2. The maximum absolute atomic E-state index is 14.2. The Bertz CT molecular complexity index is 3660. The van der Waals surface area contributed by atoms with E-state index in [1.807, 2.05) is 41.5 Å². The Labute approximate surface area is 566 Å². The van der Waals surface area contributed by atoms with Gasteiger partial charge in [-0.25, -0.2) is 21.6 Å². The lowest BCUT2D eigenvalue weighted by Crippen LogP contribution is -2.62. The van der Waals surface area contributed by atoms with Crippen LogP contribution < -0.4 is 26.4 Å². The van der Waals surface area contributed by atoms with Crippen LogP contribution in [0.2, 0.25) is 0 Å². The number of anilines is 3. The Morgan fingerprint density at radius 3 is 2.06 bits per heavy atom. The summed E-state index contributed by atoms with van der Waals surface area (Å²) in [6, 6.07) is 20.0. The van der Waals surface area contributed by atoms with Crippen LogP contribution in [0.25, 0.3) is 0 Å². The average molecular weight is 1390 g/mol. The number of rotatable bonds is 32. The molecule has 524 valence electrons. The van der Waals surface area contributed by atoms with Crippen LogP contribution in [0.4, 0.5) is 30.2 Å². The summed E-state index contributed by atoms with van der Waals surface area (Å²) in [6.07, 6.45) is 10.6. The summed E-state index contributed by atoms with van der Waals surface area (Å²) in [4.78, 5) is 69.8. The summed E-state index contributed by atoms with van der Waals surface area (Å²) in [5, 5.41) is 8.29. The summed E-state index contributed by atoms with van der Waals surface area (Å²) in [5.41, 5.74) is 6.11. The molecule has 2 atom stereocenters. The number of piperazine rings is 1. The van der Waals surface area contributed by atoms with Gasteiger partial charge in [0.2, 0.25) is 11.8 Å². The third kappa shape index (κ3) is 18.1.